The van der Waals surface area contributed by atoms with Crippen molar-refractivity contribution in [2.75, 3.05) is 0 Å². The second-order valence-corrected chi connectivity index (χ2v) is 10.1. The Kier molecular flexibility index (Phi) is 5.53. The highest BCUT2D eigenvalue weighted by molar-refractivity contribution is 8.01. The van der Waals surface area contributed by atoms with Crippen molar-refractivity contribution in [2.24, 2.45) is 0 Å². The summed E-state index contributed by atoms with van der Waals surface area (Å²) in [6.45, 7) is 0. The fourth-order valence-corrected chi connectivity index (χ4v) is 8.45. The van der Waals surface area contributed by atoms with Crippen molar-refractivity contribution in [2.45, 2.75) is 5.88 Å². The van der Waals surface area contributed by atoms with Crippen molar-refractivity contribution in [1.82, 2.24) is 0 Å². The van der Waals surface area contributed by atoms with Crippen LogP contribution >= 0.6 is 18.9 Å². The molecule has 4 rings (SSSR count). The minimum atomic E-state index is -2.68. The second kappa shape index (κ2) is 8.24. The first-order valence-corrected chi connectivity index (χ1v) is 11.5. The summed E-state index contributed by atoms with van der Waals surface area (Å²) >= 11 is 6.23. The van der Waals surface area contributed by atoms with Gasteiger partial charge in [0.05, 0.1) is 5.88 Å². The van der Waals surface area contributed by atoms with Crippen LogP contribution in [0.15, 0.2) is 106 Å². The van der Waals surface area contributed by atoms with Crippen LogP contribution in [0.1, 0.15) is 5.76 Å². The molecule has 1 heterocycles. The van der Waals surface area contributed by atoms with Crippen LogP contribution in [0.4, 0.5) is 0 Å². The minimum Gasteiger partial charge on any atom is -0.502 e. The minimum absolute atomic E-state index is 0.0269. The molecule has 0 atom stereocenters. The molecule has 4 aromatic rings. The average molecular weight is 422 g/mol. The normalized spacial score (nSPS) is 11.3. The van der Waals surface area contributed by atoms with Gasteiger partial charge in [-0.25, -0.2) is 0 Å². The van der Waals surface area contributed by atoms with Gasteiger partial charge in [-0.1, -0.05) is 54.6 Å². The molecule has 1 N–H and O–H groups in total. The fourth-order valence-electron chi connectivity index (χ4n) is 3.71. The Labute approximate surface area is 174 Å². The zero-order valence-electron chi connectivity index (χ0n) is 15.5. The van der Waals surface area contributed by atoms with Gasteiger partial charge in [-0.05, 0) is 36.4 Å². The number of aromatic hydroxyl groups is 1. The van der Waals surface area contributed by atoms with E-state index in [2.05, 4.69) is 0 Å². The molecule has 3 aromatic carbocycles. The summed E-state index contributed by atoms with van der Waals surface area (Å²) in [5, 5.41) is 13.7. The van der Waals surface area contributed by atoms with E-state index in [-0.39, 0.29) is 5.88 Å². The molecule has 0 saturated carbocycles. The van der Waals surface area contributed by atoms with Crippen LogP contribution < -0.4 is 26.6 Å². The number of benzene rings is 3. The third-order valence-corrected chi connectivity index (χ3v) is 9.50. The first-order valence-electron chi connectivity index (χ1n) is 9.15. The van der Waals surface area contributed by atoms with Gasteiger partial charge < -0.3 is 9.52 Å². The number of hydrogen-bond acceptors (Lipinski definition) is 3. The van der Waals surface area contributed by atoms with E-state index in [1.165, 1.54) is 0 Å². The van der Waals surface area contributed by atoms with Crippen molar-refractivity contribution in [3.8, 4) is 5.75 Å². The van der Waals surface area contributed by atoms with Crippen molar-refractivity contribution in [3.63, 3.8) is 0 Å². The number of halogens is 1. The fraction of sp³-hybridized carbons (Fsp3) is 0.0417. The number of hydrogen-bond donors (Lipinski definition) is 1. The molecule has 0 unspecified atom stereocenters. The van der Waals surface area contributed by atoms with Gasteiger partial charge in [-0.3, -0.25) is 4.79 Å². The molecule has 3 nitrogen and oxygen atoms in total. The van der Waals surface area contributed by atoms with Crippen LogP contribution in [0.3, 0.4) is 0 Å². The van der Waals surface area contributed by atoms with Gasteiger partial charge in [-0.2, -0.15) is 0 Å². The van der Waals surface area contributed by atoms with Crippen LogP contribution in [0.5, 0.6) is 5.75 Å². The lowest BCUT2D eigenvalue weighted by Crippen LogP contribution is -2.45. The Morgan fingerprint density at radius 3 is 1.55 bits per heavy atom. The molecule has 0 radical (unpaired) electrons. The van der Waals surface area contributed by atoms with Crippen LogP contribution in [-0.4, -0.2) is 5.11 Å². The topological polar surface area (TPSA) is 50.4 Å². The number of alkyl halides is 1. The van der Waals surface area contributed by atoms with Gasteiger partial charge in [0, 0.05) is 0 Å². The zero-order chi connectivity index (χ0) is 20.3. The lowest BCUT2D eigenvalue weighted by Gasteiger charge is -2.27. The summed E-state index contributed by atoms with van der Waals surface area (Å²) in [7, 11) is -2.68. The van der Waals surface area contributed by atoms with Crippen molar-refractivity contribution >= 4 is 40.1 Å². The standard InChI is InChI=1S/C24H18ClO3P/c25-16-22-24(23(27)21(26)17-28-22)29(18-10-4-1-5-11-18,19-12-6-2-7-13-19)20-14-8-3-9-15-20/h1-15,17H,16H2/p+1. The summed E-state index contributed by atoms with van der Waals surface area (Å²) in [5.41, 5.74) is -0.447. The maximum atomic E-state index is 13.4. The molecule has 1 aromatic heterocycles. The molecule has 0 aliphatic carbocycles. The zero-order valence-corrected chi connectivity index (χ0v) is 17.2. The molecule has 0 bridgehead atoms. The van der Waals surface area contributed by atoms with Crippen LogP contribution in [-0.2, 0) is 5.88 Å². The Morgan fingerprint density at radius 2 is 1.17 bits per heavy atom. The van der Waals surface area contributed by atoms with E-state index in [4.69, 9.17) is 16.0 Å². The summed E-state index contributed by atoms with van der Waals surface area (Å²) in [6, 6.07) is 29.7. The molecule has 0 saturated heterocycles. The molecular weight excluding hydrogens is 403 g/mol. The monoisotopic (exact) mass is 421 g/mol. The SMILES string of the molecule is O=c1c(O)coc(CCl)c1[P+](c1ccccc1)(c1ccccc1)c1ccccc1. The third-order valence-electron chi connectivity index (χ3n) is 4.91. The predicted octanol–water partition coefficient (Wildman–Crippen LogP) is 3.70. The highest BCUT2D eigenvalue weighted by Crippen LogP contribution is 2.54. The van der Waals surface area contributed by atoms with E-state index in [1.807, 2.05) is 91.0 Å². The second-order valence-electron chi connectivity index (χ2n) is 6.53. The Balaban J connectivity index is 2.26. The first-order chi connectivity index (χ1) is 14.2. The van der Waals surface area contributed by atoms with E-state index in [0.29, 0.717) is 11.1 Å². The number of rotatable bonds is 5. The smallest absolute Gasteiger partial charge is 0.269 e. The molecule has 144 valence electrons. The molecule has 29 heavy (non-hydrogen) atoms. The van der Waals surface area contributed by atoms with Crippen molar-refractivity contribution in [1.29, 1.82) is 0 Å². The Morgan fingerprint density at radius 1 is 0.759 bits per heavy atom. The lowest BCUT2D eigenvalue weighted by atomic mass is 10.3. The van der Waals surface area contributed by atoms with Gasteiger partial charge in [0.2, 0.25) is 5.75 Å². The summed E-state index contributed by atoms with van der Waals surface area (Å²) in [4.78, 5) is 13.4. The van der Waals surface area contributed by atoms with E-state index >= 15 is 0 Å². The molecule has 0 spiro atoms. The first kappa shape index (κ1) is 19.4. The van der Waals surface area contributed by atoms with Gasteiger partial charge >= 0.3 is 0 Å². The van der Waals surface area contributed by atoms with Gasteiger partial charge in [0.25, 0.3) is 5.43 Å². The van der Waals surface area contributed by atoms with Crippen molar-refractivity contribution < 1.29 is 9.52 Å². The van der Waals surface area contributed by atoms with Crippen LogP contribution in [0.2, 0.25) is 0 Å². The maximum Gasteiger partial charge on any atom is 0.269 e. The van der Waals surface area contributed by atoms with E-state index in [1.54, 1.807) is 0 Å². The molecule has 0 fully saturated rings. The molecule has 5 heteroatoms. The van der Waals surface area contributed by atoms with Gasteiger partial charge in [0.15, 0.2) is 18.3 Å². The van der Waals surface area contributed by atoms with E-state index in [0.717, 1.165) is 22.2 Å². The van der Waals surface area contributed by atoms with E-state index in [9.17, 15) is 9.90 Å². The molecule has 0 aliphatic rings. The third kappa shape index (κ3) is 3.27. The highest BCUT2D eigenvalue weighted by Gasteiger charge is 2.52. The molecule has 0 amide bonds. The van der Waals surface area contributed by atoms with Crippen LogP contribution in [0, 0.1) is 0 Å². The average Bonchev–Trinajstić information content (AvgIpc) is 2.79. The Bertz CT molecular complexity index is 1060. The maximum absolute atomic E-state index is 13.4. The molecule has 0 aliphatic heterocycles. The lowest BCUT2D eigenvalue weighted by molar-refractivity contribution is 0.422. The Hall–Kier alpha value is -2.87. The highest BCUT2D eigenvalue weighted by atomic mass is 35.5. The summed E-state index contributed by atoms with van der Waals surface area (Å²) in [5.74, 6) is -0.0144. The quantitative estimate of drug-likeness (QED) is 0.395. The van der Waals surface area contributed by atoms with Gasteiger partial charge in [0.1, 0.15) is 22.2 Å². The van der Waals surface area contributed by atoms with Crippen molar-refractivity contribution in [3.05, 3.63) is 113 Å². The summed E-state index contributed by atoms with van der Waals surface area (Å²) < 4.78 is 5.64. The summed E-state index contributed by atoms with van der Waals surface area (Å²) in [6.07, 6.45) is 1.07. The van der Waals surface area contributed by atoms with Crippen LogP contribution in [0.25, 0.3) is 0 Å². The molecular formula is C24H19ClO3P+. The largest absolute Gasteiger partial charge is 0.502 e. The predicted molar refractivity (Wildman–Crippen MR) is 121 cm³/mol. The van der Waals surface area contributed by atoms with E-state index < -0.39 is 18.4 Å². The van der Waals surface area contributed by atoms with Gasteiger partial charge in [-0.15, -0.1) is 11.6 Å².